The Balaban J connectivity index is 1.08. The van der Waals surface area contributed by atoms with Gasteiger partial charge in [-0.25, -0.2) is 0 Å². The standard InChI is InChI=1S/C26H33N3O2S/c30-25(29-13-5-7-18-6-1-3-9-22(18)29)20-16-24(32-17-20)19-11-14-28(15-12-19)26-27-21-8-2-4-10-23(21)31-26/h2,4,8,10,16,18-20,22H,1,3,5-7,9,11-15,17H2. The van der Waals surface area contributed by atoms with Crippen molar-refractivity contribution in [2.45, 2.75) is 57.4 Å². The number of para-hydroxylation sites is 2. The molecule has 1 amide bonds. The van der Waals surface area contributed by atoms with Crippen molar-refractivity contribution < 1.29 is 9.21 Å². The Bertz CT molecular complexity index is 974. The molecule has 32 heavy (non-hydrogen) atoms. The van der Waals surface area contributed by atoms with Crippen LogP contribution in [0.5, 0.6) is 0 Å². The Labute approximate surface area is 194 Å². The molecular formula is C26H33N3O2S. The Morgan fingerprint density at radius 2 is 1.81 bits per heavy atom. The van der Waals surface area contributed by atoms with Gasteiger partial charge in [0.1, 0.15) is 5.52 Å². The van der Waals surface area contributed by atoms with E-state index in [0.29, 0.717) is 17.9 Å². The molecule has 0 N–H and O–H groups in total. The smallest absolute Gasteiger partial charge is 0.298 e. The molecule has 0 radical (unpaired) electrons. The number of hydrogen-bond donors (Lipinski definition) is 0. The SMILES string of the molecule is O=C(C1C=C(C2CCN(c3nc4ccccc4o3)CC2)SC1)N1CCCC2CCCCC21. The van der Waals surface area contributed by atoms with E-state index in [1.54, 1.807) is 0 Å². The number of nitrogens with zero attached hydrogens (tertiary/aromatic N) is 3. The summed E-state index contributed by atoms with van der Waals surface area (Å²) >= 11 is 1.94. The minimum absolute atomic E-state index is 0.0887. The summed E-state index contributed by atoms with van der Waals surface area (Å²) < 4.78 is 5.97. The highest BCUT2D eigenvalue weighted by molar-refractivity contribution is 8.03. The maximum Gasteiger partial charge on any atom is 0.298 e. The summed E-state index contributed by atoms with van der Waals surface area (Å²) in [6.07, 6.45) is 12.3. The molecule has 3 fully saturated rings. The maximum absolute atomic E-state index is 13.4. The van der Waals surface area contributed by atoms with E-state index in [2.05, 4.69) is 20.9 Å². The molecular weight excluding hydrogens is 418 g/mol. The van der Waals surface area contributed by atoms with Crippen LogP contribution < -0.4 is 4.90 Å². The van der Waals surface area contributed by atoms with Gasteiger partial charge >= 0.3 is 0 Å². The van der Waals surface area contributed by atoms with Gasteiger partial charge in [0.25, 0.3) is 6.01 Å². The minimum Gasteiger partial charge on any atom is -0.423 e. The summed E-state index contributed by atoms with van der Waals surface area (Å²) in [6.45, 7) is 2.90. The number of thioether (sulfide) groups is 1. The number of allylic oxidation sites excluding steroid dienone is 1. The van der Waals surface area contributed by atoms with Crippen LogP contribution in [0.4, 0.5) is 6.01 Å². The van der Waals surface area contributed by atoms with Crippen LogP contribution in [-0.2, 0) is 4.79 Å². The lowest BCUT2D eigenvalue weighted by Crippen LogP contribution is -2.51. The number of benzene rings is 1. The van der Waals surface area contributed by atoms with Gasteiger partial charge in [-0.3, -0.25) is 4.79 Å². The van der Waals surface area contributed by atoms with E-state index in [9.17, 15) is 4.79 Å². The van der Waals surface area contributed by atoms with Crippen LogP contribution in [0.1, 0.15) is 51.4 Å². The summed E-state index contributed by atoms with van der Waals surface area (Å²) in [5.41, 5.74) is 1.79. The second-order valence-electron chi connectivity index (χ2n) is 10.00. The van der Waals surface area contributed by atoms with Gasteiger partial charge in [-0.1, -0.05) is 31.1 Å². The molecule has 6 heteroatoms. The quantitative estimate of drug-likeness (QED) is 0.619. The van der Waals surface area contributed by atoms with Crippen LogP contribution in [0.3, 0.4) is 0 Å². The van der Waals surface area contributed by atoms with Gasteiger partial charge in [0.05, 0.1) is 5.92 Å². The average molecular weight is 452 g/mol. The minimum atomic E-state index is 0.0887. The van der Waals surface area contributed by atoms with Gasteiger partial charge in [-0.2, -0.15) is 4.98 Å². The molecule has 170 valence electrons. The molecule has 6 rings (SSSR count). The lowest BCUT2D eigenvalue weighted by atomic mass is 9.78. The highest BCUT2D eigenvalue weighted by Crippen LogP contribution is 2.42. The van der Waals surface area contributed by atoms with E-state index in [1.165, 1.54) is 43.4 Å². The highest BCUT2D eigenvalue weighted by atomic mass is 32.2. The number of fused-ring (bicyclic) bond motifs is 2. The molecule has 1 aromatic carbocycles. The molecule has 0 bridgehead atoms. The third-order valence-corrected chi connectivity index (χ3v) is 9.42. The summed E-state index contributed by atoms with van der Waals surface area (Å²) in [4.78, 5) is 24.1. The fraction of sp³-hybridized carbons (Fsp3) is 0.615. The van der Waals surface area contributed by atoms with Gasteiger partial charge < -0.3 is 14.2 Å². The zero-order valence-corrected chi connectivity index (χ0v) is 19.6. The number of amides is 1. The van der Waals surface area contributed by atoms with Gasteiger partial charge in [0, 0.05) is 31.4 Å². The second-order valence-corrected chi connectivity index (χ2v) is 11.1. The molecule has 3 atom stereocenters. The third kappa shape index (κ3) is 3.85. The highest BCUT2D eigenvalue weighted by Gasteiger charge is 2.39. The lowest BCUT2D eigenvalue weighted by molar-refractivity contribution is -0.139. The maximum atomic E-state index is 13.4. The first-order valence-corrected chi connectivity index (χ1v) is 13.5. The molecule has 1 saturated carbocycles. The van der Waals surface area contributed by atoms with Gasteiger partial charge in [-0.05, 0) is 67.4 Å². The third-order valence-electron chi connectivity index (χ3n) is 8.09. The van der Waals surface area contributed by atoms with E-state index in [-0.39, 0.29) is 5.92 Å². The normalized spacial score (nSPS) is 29.2. The number of hydrogen-bond acceptors (Lipinski definition) is 5. The molecule has 1 aromatic heterocycles. The van der Waals surface area contributed by atoms with Crippen molar-refractivity contribution >= 4 is 34.8 Å². The molecule has 3 aliphatic heterocycles. The van der Waals surface area contributed by atoms with E-state index in [4.69, 9.17) is 4.42 Å². The number of aromatic nitrogens is 1. The van der Waals surface area contributed by atoms with Crippen molar-refractivity contribution in [3.8, 4) is 0 Å². The first kappa shape index (κ1) is 20.6. The van der Waals surface area contributed by atoms with E-state index >= 15 is 0 Å². The Morgan fingerprint density at radius 1 is 1.00 bits per heavy atom. The fourth-order valence-corrected chi connectivity index (χ4v) is 7.68. The van der Waals surface area contributed by atoms with Crippen LogP contribution in [0.2, 0.25) is 0 Å². The topological polar surface area (TPSA) is 49.6 Å². The number of anilines is 1. The predicted octanol–water partition coefficient (Wildman–Crippen LogP) is 5.47. The van der Waals surface area contributed by atoms with Crippen molar-refractivity contribution in [3.63, 3.8) is 0 Å². The van der Waals surface area contributed by atoms with Crippen molar-refractivity contribution in [2.75, 3.05) is 30.3 Å². The lowest BCUT2D eigenvalue weighted by Gasteiger charge is -2.44. The van der Waals surface area contributed by atoms with Crippen molar-refractivity contribution in [1.29, 1.82) is 0 Å². The van der Waals surface area contributed by atoms with Gasteiger partial charge in [0.15, 0.2) is 5.58 Å². The largest absolute Gasteiger partial charge is 0.423 e. The van der Waals surface area contributed by atoms with Crippen LogP contribution in [0.15, 0.2) is 39.7 Å². The Morgan fingerprint density at radius 3 is 2.69 bits per heavy atom. The van der Waals surface area contributed by atoms with E-state index in [1.807, 2.05) is 36.0 Å². The zero-order chi connectivity index (χ0) is 21.5. The van der Waals surface area contributed by atoms with Crippen molar-refractivity contribution in [3.05, 3.63) is 35.2 Å². The summed E-state index contributed by atoms with van der Waals surface area (Å²) in [6, 6.07) is 9.24. The molecule has 4 heterocycles. The van der Waals surface area contributed by atoms with Crippen LogP contribution in [0.25, 0.3) is 11.1 Å². The zero-order valence-electron chi connectivity index (χ0n) is 18.7. The van der Waals surface area contributed by atoms with Crippen LogP contribution in [-0.4, -0.2) is 47.2 Å². The Hall–Kier alpha value is -1.95. The number of likely N-dealkylation sites (tertiary alicyclic amines) is 1. The van der Waals surface area contributed by atoms with E-state index < -0.39 is 0 Å². The molecule has 0 spiro atoms. The molecule has 2 aromatic rings. The summed E-state index contributed by atoms with van der Waals surface area (Å²) in [7, 11) is 0. The summed E-state index contributed by atoms with van der Waals surface area (Å²) in [5, 5.41) is 0. The fourth-order valence-electron chi connectivity index (χ4n) is 6.34. The molecule has 3 unspecified atom stereocenters. The Kier molecular flexibility index (Phi) is 5.66. The van der Waals surface area contributed by atoms with Gasteiger partial charge in [-0.15, -0.1) is 11.8 Å². The monoisotopic (exact) mass is 451 g/mol. The average Bonchev–Trinajstić information content (AvgIpc) is 3.51. The molecule has 1 aliphatic carbocycles. The number of rotatable bonds is 3. The van der Waals surface area contributed by atoms with Gasteiger partial charge in [0.2, 0.25) is 5.91 Å². The van der Waals surface area contributed by atoms with Crippen LogP contribution in [0, 0.1) is 17.8 Å². The molecule has 2 saturated heterocycles. The number of oxazole rings is 1. The number of carbonyl (C=O) groups excluding carboxylic acids is 1. The van der Waals surface area contributed by atoms with E-state index in [0.717, 1.165) is 61.3 Å². The second kappa shape index (κ2) is 8.77. The number of carbonyl (C=O) groups is 1. The first-order valence-electron chi connectivity index (χ1n) is 12.5. The van der Waals surface area contributed by atoms with Crippen LogP contribution >= 0.6 is 11.8 Å². The molecule has 4 aliphatic rings. The summed E-state index contributed by atoms with van der Waals surface area (Å²) in [5.74, 6) is 2.77. The first-order chi connectivity index (χ1) is 15.8. The van der Waals surface area contributed by atoms with Crippen molar-refractivity contribution in [2.24, 2.45) is 17.8 Å². The van der Waals surface area contributed by atoms with Crippen molar-refractivity contribution in [1.82, 2.24) is 9.88 Å². The molecule has 5 nitrogen and oxygen atoms in total. The predicted molar refractivity (Wildman–Crippen MR) is 130 cm³/mol. The number of piperidine rings is 2.